The molecule has 1 atom stereocenters. The van der Waals surface area contributed by atoms with Crippen molar-refractivity contribution in [3.63, 3.8) is 0 Å². The summed E-state index contributed by atoms with van der Waals surface area (Å²) in [6.45, 7) is 2.11. The van der Waals surface area contributed by atoms with Crippen LogP contribution < -0.4 is 0 Å². The van der Waals surface area contributed by atoms with E-state index in [4.69, 9.17) is 17.0 Å². The van der Waals surface area contributed by atoms with Gasteiger partial charge in [-0.25, -0.2) is 0 Å². The van der Waals surface area contributed by atoms with Crippen molar-refractivity contribution in [3.8, 4) is 0 Å². The predicted molar refractivity (Wildman–Crippen MR) is 126 cm³/mol. The minimum absolute atomic E-state index is 0.0135. The van der Waals surface area contributed by atoms with Crippen molar-refractivity contribution in [1.82, 2.24) is 9.47 Å². The van der Waals surface area contributed by atoms with Crippen LogP contribution in [0.5, 0.6) is 0 Å². The predicted octanol–water partition coefficient (Wildman–Crippen LogP) is 5.07. The maximum atomic E-state index is 13.0. The molecule has 2 aliphatic heterocycles. The van der Waals surface area contributed by atoms with Crippen molar-refractivity contribution in [2.24, 2.45) is 0 Å². The molecular formula is C24H22N2O2S2. The van der Waals surface area contributed by atoms with E-state index in [1.54, 1.807) is 4.90 Å². The lowest BCUT2D eigenvalue weighted by Gasteiger charge is -2.18. The molecule has 0 saturated carbocycles. The van der Waals surface area contributed by atoms with Gasteiger partial charge in [-0.3, -0.25) is 9.69 Å². The van der Waals surface area contributed by atoms with Gasteiger partial charge in [0.05, 0.1) is 17.6 Å². The Bertz CT molecular complexity index is 1130. The van der Waals surface area contributed by atoms with Crippen LogP contribution in [0.25, 0.3) is 17.0 Å². The third kappa shape index (κ3) is 3.83. The molecule has 1 aromatic heterocycles. The Morgan fingerprint density at radius 2 is 1.93 bits per heavy atom. The third-order valence-electron chi connectivity index (χ3n) is 5.59. The van der Waals surface area contributed by atoms with Gasteiger partial charge in [-0.05, 0) is 30.5 Å². The number of carbonyl (C=O) groups excluding carboxylic acids is 1. The monoisotopic (exact) mass is 434 g/mol. The average molecular weight is 435 g/mol. The van der Waals surface area contributed by atoms with Crippen molar-refractivity contribution < 1.29 is 9.53 Å². The maximum absolute atomic E-state index is 13.0. The summed E-state index contributed by atoms with van der Waals surface area (Å²) in [5, 5.41) is 1.14. The Morgan fingerprint density at radius 1 is 1.13 bits per heavy atom. The van der Waals surface area contributed by atoms with Crippen LogP contribution in [-0.4, -0.2) is 39.0 Å². The molecule has 30 heavy (non-hydrogen) atoms. The molecule has 2 saturated heterocycles. The van der Waals surface area contributed by atoms with Gasteiger partial charge in [0.1, 0.15) is 4.32 Å². The summed E-state index contributed by atoms with van der Waals surface area (Å²) >= 11 is 6.89. The lowest BCUT2D eigenvalue weighted by molar-refractivity contribution is -0.123. The van der Waals surface area contributed by atoms with Gasteiger partial charge in [-0.1, -0.05) is 72.5 Å². The average Bonchev–Trinajstić information content (AvgIpc) is 3.46. The van der Waals surface area contributed by atoms with Gasteiger partial charge >= 0.3 is 0 Å². The smallest absolute Gasteiger partial charge is 0.266 e. The van der Waals surface area contributed by atoms with Crippen molar-refractivity contribution in [2.75, 3.05) is 13.2 Å². The highest BCUT2D eigenvalue weighted by Crippen LogP contribution is 2.35. The molecule has 0 radical (unpaired) electrons. The second-order valence-electron chi connectivity index (χ2n) is 7.64. The SMILES string of the molecule is O=C1/C(=C/c2cn(Cc3ccccc3)c3ccccc23)SC(=S)N1C[C@@H]1CCCO1. The first kappa shape index (κ1) is 19.5. The second kappa shape index (κ2) is 8.38. The summed E-state index contributed by atoms with van der Waals surface area (Å²) in [6, 6.07) is 18.7. The summed E-state index contributed by atoms with van der Waals surface area (Å²) in [5.74, 6) is -0.0135. The fourth-order valence-corrected chi connectivity index (χ4v) is 5.36. The minimum Gasteiger partial charge on any atom is -0.376 e. The number of hydrogen-bond acceptors (Lipinski definition) is 4. The van der Waals surface area contributed by atoms with Crippen molar-refractivity contribution in [2.45, 2.75) is 25.5 Å². The molecular weight excluding hydrogens is 412 g/mol. The Hall–Kier alpha value is -2.41. The molecule has 152 valence electrons. The van der Waals surface area contributed by atoms with Gasteiger partial charge < -0.3 is 9.30 Å². The van der Waals surface area contributed by atoms with Crippen LogP contribution in [0.1, 0.15) is 24.0 Å². The maximum Gasteiger partial charge on any atom is 0.266 e. The number of carbonyl (C=O) groups is 1. The van der Waals surface area contributed by atoms with Gasteiger partial charge in [0.15, 0.2) is 0 Å². The van der Waals surface area contributed by atoms with Crippen molar-refractivity contribution in [3.05, 3.63) is 76.8 Å². The highest BCUT2D eigenvalue weighted by atomic mass is 32.2. The largest absolute Gasteiger partial charge is 0.376 e. The van der Waals surface area contributed by atoms with Gasteiger partial charge in [-0.15, -0.1) is 0 Å². The number of aromatic nitrogens is 1. The topological polar surface area (TPSA) is 34.5 Å². The van der Waals surface area contributed by atoms with Crippen LogP contribution in [0.2, 0.25) is 0 Å². The summed E-state index contributed by atoms with van der Waals surface area (Å²) in [7, 11) is 0. The van der Waals surface area contributed by atoms with Crippen LogP contribution in [0.4, 0.5) is 0 Å². The molecule has 2 fully saturated rings. The van der Waals surface area contributed by atoms with E-state index in [2.05, 4.69) is 53.2 Å². The Morgan fingerprint density at radius 3 is 2.73 bits per heavy atom. The van der Waals surface area contributed by atoms with E-state index < -0.39 is 0 Å². The molecule has 3 aromatic rings. The zero-order valence-corrected chi connectivity index (χ0v) is 18.1. The first-order valence-corrected chi connectivity index (χ1v) is 11.4. The lowest BCUT2D eigenvalue weighted by Crippen LogP contribution is -2.35. The zero-order valence-electron chi connectivity index (χ0n) is 16.5. The van der Waals surface area contributed by atoms with Crippen molar-refractivity contribution in [1.29, 1.82) is 0 Å². The van der Waals surface area contributed by atoms with E-state index >= 15 is 0 Å². The molecule has 5 rings (SSSR count). The normalized spacial score (nSPS) is 20.7. The number of nitrogens with zero attached hydrogens (tertiary/aromatic N) is 2. The van der Waals surface area contributed by atoms with E-state index in [9.17, 15) is 4.79 Å². The van der Waals surface area contributed by atoms with Crippen LogP contribution >= 0.6 is 24.0 Å². The molecule has 3 heterocycles. The Kier molecular flexibility index (Phi) is 5.46. The fourth-order valence-electron chi connectivity index (χ4n) is 4.09. The van der Waals surface area contributed by atoms with Gasteiger partial charge in [0, 0.05) is 35.8 Å². The van der Waals surface area contributed by atoms with Crippen LogP contribution in [0.3, 0.4) is 0 Å². The summed E-state index contributed by atoms with van der Waals surface area (Å²) in [6.07, 6.45) is 6.25. The number of hydrogen-bond donors (Lipinski definition) is 0. The number of amides is 1. The standard InChI is InChI=1S/C24H22N2O2S2/c27-23-22(30-24(29)26(23)16-19-9-6-12-28-19)13-18-15-25(14-17-7-2-1-3-8-17)21-11-5-4-10-20(18)21/h1-5,7-8,10-11,13,15,19H,6,9,12,14,16H2/b22-13-/t19-/m0/s1. The molecule has 4 nitrogen and oxygen atoms in total. The van der Waals surface area contributed by atoms with Gasteiger partial charge in [0.2, 0.25) is 0 Å². The third-order valence-corrected chi connectivity index (χ3v) is 6.96. The van der Waals surface area contributed by atoms with E-state index in [0.717, 1.165) is 42.5 Å². The molecule has 1 amide bonds. The van der Waals surface area contributed by atoms with Crippen LogP contribution in [0, 0.1) is 0 Å². The Balaban J connectivity index is 1.45. The minimum atomic E-state index is -0.0135. The fraction of sp³-hybridized carbons (Fsp3) is 0.250. The van der Waals surface area contributed by atoms with E-state index in [0.29, 0.717) is 15.8 Å². The van der Waals surface area contributed by atoms with Crippen molar-refractivity contribution >= 4 is 51.2 Å². The first-order chi connectivity index (χ1) is 14.7. The number of rotatable bonds is 5. The molecule has 0 aliphatic carbocycles. The molecule has 0 spiro atoms. The van der Waals surface area contributed by atoms with Gasteiger partial charge in [-0.2, -0.15) is 0 Å². The molecule has 0 N–H and O–H groups in total. The highest BCUT2D eigenvalue weighted by Gasteiger charge is 2.34. The molecule has 2 aromatic carbocycles. The number of thioether (sulfide) groups is 1. The van der Waals surface area contributed by atoms with E-state index in [1.165, 1.54) is 17.3 Å². The summed E-state index contributed by atoms with van der Waals surface area (Å²) in [5.41, 5.74) is 3.44. The number of ether oxygens (including phenoxy) is 1. The second-order valence-corrected chi connectivity index (χ2v) is 9.32. The summed E-state index contributed by atoms with van der Waals surface area (Å²) < 4.78 is 8.56. The molecule has 0 unspecified atom stereocenters. The lowest BCUT2D eigenvalue weighted by atomic mass is 10.1. The van der Waals surface area contributed by atoms with E-state index in [1.807, 2.05) is 18.2 Å². The Labute approximate surface area is 185 Å². The molecule has 2 aliphatic rings. The number of thiocarbonyl (C=S) groups is 1. The van der Waals surface area contributed by atoms with Gasteiger partial charge in [0.25, 0.3) is 5.91 Å². The molecule has 0 bridgehead atoms. The summed E-state index contributed by atoms with van der Waals surface area (Å²) in [4.78, 5) is 15.4. The number of fused-ring (bicyclic) bond motifs is 1. The quantitative estimate of drug-likeness (QED) is 0.415. The van der Waals surface area contributed by atoms with Crippen LogP contribution in [0.15, 0.2) is 65.7 Å². The van der Waals surface area contributed by atoms with E-state index in [-0.39, 0.29) is 12.0 Å². The number of para-hydroxylation sites is 1. The molecule has 6 heteroatoms. The van der Waals surface area contributed by atoms with Crippen LogP contribution in [-0.2, 0) is 16.1 Å². The number of benzene rings is 2. The first-order valence-electron chi connectivity index (χ1n) is 10.2. The zero-order chi connectivity index (χ0) is 20.5. The highest BCUT2D eigenvalue weighted by molar-refractivity contribution is 8.26.